The molecule has 1 fully saturated rings. The van der Waals surface area contributed by atoms with Crippen molar-refractivity contribution in [2.24, 2.45) is 5.92 Å². The highest BCUT2D eigenvalue weighted by atomic mass is 32.2. The predicted octanol–water partition coefficient (Wildman–Crippen LogP) is 6.79. The lowest BCUT2D eigenvalue weighted by Crippen LogP contribution is -2.37. The average Bonchev–Trinajstić information content (AvgIpc) is 3.32. The van der Waals surface area contributed by atoms with E-state index in [4.69, 9.17) is 11.2 Å². The first-order valence-electron chi connectivity index (χ1n) is 9.93. The van der Waals surface area contributed by atoms with E-state index in [-0.39, 0.29) is 22.4 Å². The number of carbonyl (C=O) groups is 1. The van der Waals surface area contributed by atoms with E-state index >= 15 is 0 Å². The molecule has 1 aliphatic carbocycles. The van der Waals surface area contributed by atoms with Gasteiger partial charge in [-0.05, 0) is 57.4 Å². The Kier molecular flexibility index (Phi) is 5.06. The minimum atomic E-state index is -0.959. The molecule has 3 atom stereocenters. The van der Waals surface area contributed by atoms with Gasteiger partial charge in [0.1, 0.15) is 5.38 Å². The van der Waals surface area contributed by atoms with Crippen LogP contribution in [-0.2, 0) is 4.74 Å². The second-order valence-corrected chi connectivity index (χ2v) is 9.73. The summed E-state index contributed by atoms with van der Waals surface area (Å²) in [7, 11) is -0.179. The number of hydrogen-bond donors (Lipinski definition) is 0. The van der Waals surface area contributed by atoms with Gasteiger partial charge in [0, 0.05) is 33.4 Å². The summed E-state index contributed by atoms with van der Waals surface area (Å²) in [4.78, 5) is 14.1. The maximum Gasteiger partial charge on any atom is 0.339 e. The lowest BCUT2D eigenvalue weighted by Gasteiger charge is -2.31. The van der Waals surface area contributed by atoms with Gasteiger partial charge in [0.15, 0.2) is 15.2 Å². The van der Waals surface area contributed by atoms with Crippen molar-refractivity contribution in [3.63, 3.8) is 0 Å². The third kappa shape index (κ3) is 3.50. The topological polar surface area (TPSA) is 26.3 Å². The molecule has 1 aromatic heterocycles. The van der Waals surface area contributed by atoms with Crippen molar-refractivity contribution in [2.75, 3.05) is 0 Å². The maximum atomic E-state index is 13.0. The average molecular weight is 402 g/mol. The number of ether oxygens (including phenoxy) is 1. The molecule has 29 heavy (non-hydrogen) atoms. The van der Waals surface area contributed by atoms with Crippen molar-refractivity contribution < 1.29 is 9.53 Å². The summed E-state index contributed by atoms with van der Waals surface area (Å²) in [5.74, 6) is 2.38. The summed E-state index contributed by atoms with van der Waals surface area (Å²) in [5, 5.41) is 3.56. The van der Waals surface area contributed by atoms with Gasteiger partial charge in [0.05, 0.1) is 5.56 Å². The number of thiophene rings is 1. The Labute approximate surface area is 175 Å². The molecule has 0 amide bonds. The van der Waals surface area contributed by atoms with Crippen molar-refractivity contribution in [3.8, 4) is 17.2 Å². The molecule has 0 radical (unpaired) electrons. The zero-order chi connectivity index (χ0) is 20.6. The van der Waals surface area contributed by atoms with Crippen LogP contribution in [0.2, 0.25) is 0 Å². The van der Waals surface area contributed by atoms with Crippen LogP contribution < -0.4 is 0 Å². The van der Waals surface area contributed by atoms with Crippen molar-refractivity contribution in [1.82, 2.24) is 0 Å². The van der Waals surface area contributed by atoms with Crippen LogP contribution in [0.1, 0.15) is 42.1 Å². The number of rotatable bonds is 4. The van der Waals surface area contributed by atoms with Crippen molar-refractivity contribution in [3.05, 3.63) is 77.2 Å². The minimum absolute atomic E-state index is 0.0220. The second-order valence-electron chi connectivity index (χ2n) is 7.91. The Hall–Kier alpha value is -2.83. The van der Waals surface area contributed by atoms with Gasteiger partial charge in [0.2, 0.25) is 0 Å². The molecule has 0 saturated heterocycles. The highest BCUT2D eigenvalue weighted by Crippen LogP contribution is 2.43. The monoisotopic (exact) mass is 401 g/mol. The number of esters is 1. The Morgan fingerprint density at radius 3 is 2.79 bits per heavy atom. The van der Waals surface area contributed by atoms with Gasteiger partial charge in [-0.3, -0.25) is 0 Å². The molecule has 4 rings (SSSR count). The fourth-order valence-corrected chi connectivity index (χ4v) is 6.44. The Bertz CT molecular complexity index is 1150. The predicted molar refractivity (Wildman–Crippen MR) is 122 cm³/mol. The molecule has 1 saturated carbocycles. The van der Waals surface area contributed by atoms with Crippen LogP contribution in [0.4, 0.5) is 0 Å². The van der Waals surface area contributed by atoms with Crippen LogP contribution in [-0.4, -0.2) is 11.6 Å². The van der Waals surface area contributed by atoms with E-state index in [1.54, 1.807) is 6.07 Å². The van der Waals surface area contributed by atoms with Gasteiger partial charge in [-0.15, -0.1) is 6.42 Å². The number of carbonyl (C=O) groups excluding carboxylic acids is 1. The van der Waals surface area contributed by atoms with Crippen molar-refractivity contribution >= 4 is 26.5 Å². The van der Waals surface area contributed by atoms with Gasteiger partial charge in [-0.2, -0.15) is 0 Å². The molecule has 0 bridgehead atoms. The number of terminal acetylenes is 1. The van der Waals surface area contributed by atoms with Crippen LogP contribution >= 0.6 is 10.5 Å². The highest BCUT2D eigenvalue weighted by molar-refractivity contribution is 7.43. The summed E-state index contributed by atoms with van der Waals surface area (Å²) in [6.45, 7) is 8.10. The van der Waals surface area contributed by atoms with E-state index in [9.17, 15) is 4.79 Å². The van der Waals surface area contributed by atoms with E-state index in [0.717, 1.165) is 29.7 Å². The largest absolute Gasteiger partial charge is 0.442 e. The van der Waals surface area contributed by atoms with Crippen molar-refractivity contribution in [2.45, 2.75) is 38.7 Å². The molecule has 0 aliphatic heterocycles. The lowest BCUT2D eigenvalue weighted by molar-refractivity contribution is -0.00149. The van der Waals surface area contributed by atoms with Crippen molar-refractivity contribution in [1.29, 1.82) is 0 Å². The van der Waals surface area contributed by atoms with Gasteiger partial charge in [0.25, 0.3) is 0 Å². The molecule has 2 nitrogen and oxygen atoms in total. The number of aryl methyl sites for hydroxylation is 1. The molecular weight excluding hydrogens is 376 g/mol. The van der Waals surface area contributed by atoms with E-state index in [1.807, 2.05) is 19.1 Å². The minimum Gasteiger partial charge on any atom is -0.442 e. The second kappa shape index (κ2) is 7.54. The third-order valence-corrected chi connectivity index (χ3v) is 8.09. The first-order valence-corrected chi connectivity index (χ1v) is 11.2. The fraction of sp³-hybridized carbons (Fsp3) is 0.269. The van der Waals surface area contributed by atoms with Crippen LogP contribution in [0.15, 0.2) is 66.1 Å². The summed E-state index contributed by atoms with van der Waals surface area (Å²) in [6, 6.07) is 16.2. The Morgan fingerprint density at radius 1 is 1.28 bits per heavy atom. The molecule has 3 heteroatoms. The van der Waals surface area contributed by atoms with E-state index in [0.29, 0.717) is 5.56 Å². The summed E-state index contributed by atoms with van der Waals surface area (Å²) in [6.07, 6.45) is 8.70. The molecular formula is C26H25O2S+. The smallest absolute Gasteiger partial charge is 0.339 e. The molecule has 0 spiro atoms. The van der Waals surface area contributed by atoms with Gasteiger partial charge < -0.3 is 4.74 Å². The van der Waals surface area contributed by atoms with Crippen LogP contribution in [0, 0.1) is 25.2 Å². The van der Waals surface area contributed by atoms with E-state index in [2.05, 4.69) is 55.1 Å². The summed E-state index contributed by atoms with van der Waals surface area (Å²) in [5.41, 5.74) is 1.93. The SMILES string of the molecule is C#CC(C)(OC(=O)c1cccc(-[s+]2cc(C)c3ccccc32)c1)C1CCCC1=C. The zero-order valence-electron chi connectivity index (χ0n) is 16.9. The maximum absolute atomic E-state index is 13.0. The normalized spacial score (nSPS) is 19.0. The van der Waals surface area contributed by atoms with Gasteiger partial charge in [-0.25, -0.2) is 4.79 Å². The number of hydrogen-bond acceptors (Lipinski definition) is 2. The van der Waals surface area contributed by atoms with Crippen LogP contribution in [0.3, 0.4) is 0 Å². The third-order valence-electron chi connectivity index (χ3n) is 5.91. The molecule has 2 aromatic carbocycles. The molecule has 3 aromatic rings. The molecule has 146 valence electrons. The van der Waals surface area contributed by atoms with Gasteiger partial charge >= 0.3 is 5.97 Å². The molecule has 1 heterocycles. The highest BCUT2D eigenvalue weighted by Gasteiger charge is 2.40. The van der Waals surface area contributed by atoms with Crippen LogP contribution in [0.25, 0.3) is 15.0 Å². The number of fused-ring (bicyclic) bond motifs is 1. The van der Waals surface area contributed by atoms with Gasteiger partial charge in [-0.1, -0.05) is 36.3 Å². The number of benzene rings is 2. The summed E-state index contributed by atoms with van der Waals surface area (Å²) < 4.78 is 7.19. The summed E-state index contributed by atoms with van der Waals surface area (Å²) >= 11 is 0. The van der Waals surface area contributed by atoms with Crippen LogP contribution in [0.5, 0.6) is 0 Å². The Balaban J connectivity index is 1.66. The fourth-order valence-electron chi connectivity index (χ4n) is 4.27. The first-order chi connectivity index (χ1) is 13.9. The zero-order valence-corrected chi connectivity index (χ0v) is 17.7. The van der Waals surface area contributed by atoms with E-state index < -0.39 is 5.60 Å². The molecule has 3 unspecified atom stereocenters. The molecule has 1 aliphatic rings. The Morgan fingerprint density at radius 2 is 2.07 bits per heavy atom. The lowest BCUT2D eigenvalue weighted by atomic mass is 9.85. The quantitative estimate of drug-likeness (QED) is 0.208. The standard InChI is InChI=1S/C26H25O2S/c1-5-26(4,23-14-8-10-18(23)2)28-25(27)20-11-9-12-21(16-20)29-17-19(3)22-13-6-7-15-24(22)29/h1,6-7,9,11-13,15-17,23H,2,8,10,14H2,3-4H3/q+1. The van der Waals surface area contributed by atoms with E-state index in [1.165, 1.54) is 15.6 Å². The molecule has 0 N–H and O–H groups in total. The first kappa shape index (κ1) is 19.5.